The first-order valence-corrected chi connectivity index (χ1v) is 11.6. The van der Waals surface area contributed by atoms with Gasteiger partial charge in [-0.25, -0.2) is 0 Å². The number of fused-ring (bicyclic) bond motifs is 1. The lowest BCUT2D eigenvalue weighted by Crippen LogP contribution is -2.48. The van der Waals surface area contributed by atoms with Crippen molar-refractivity contribution in [2.45, 2.75) is 18.8 Å². The van der Waals surface area contributed by atoms with Crippen LogP contribution in [0.4, 0.5) is 0 Å². The highest BCUT2D eigenvalue weighted by Crippen LogP contribution is 2.35. The first kappa shape index (κ1) is 21.4. The third-order valence-corrected chi connectivity index (χ3v) is 6.84. The Morgan fingerprint density at radius 2 is 1.73 bits per heavy atom. The van der Waals surface area contributed by atoms with Crippen LogP contribution in [0, 0.1) is 5.92 Å². The molecule has 0 aliphatic carbocycles. The van der Waals surface area contributed by atoms with E-state index in [0.29, 0.717) is 26.3 Å². The molecule has 1 aliphatic heterocycles. The van der Waals surface area contributed by atoms with Gasteiger partial charge in [0.15, 0.2) is 0 Å². The Hall–Kier alpha value is -3.44. The van der Waals surface area contributed by atoms with Gasteiger partial charge in [0.1, 0.15) is 0 Å². The number of amides is 1. The highest BCUT2D eigenvalue weighted by molar-refractivity contribution is 5.91. The summed E-state index contributed by atoms with van der Waals surface area (Å²) in [6.07, 6.45) is 2.72. The van der Waals surface area contributed by atoms with Crippen LogP contribution in [-0.2, 0) is 21.4 Å². The zero-order valence-corrected chi connectivity index (χ0v) is 18.9. The number of hydrogen-bond donors (Lipinski definition) is 1. The van der Waals surface area contributed by atoms with Crippen molar-refractivity contribution in [3.05, 3.63) is 102 Å². The number of carbonyl (C=O) groups is 1. The second-order valence-corrected chi connectivity index (χ2v) is 9.00. The molecule has 5 heteroatoms. The van der Waals surface area contributed by atoms with Crippen LogP contribution >= 0.6 is 0 Å². The van der Waals surface area contributed by atoms with Crippen molar-refractivity contribution in [3.8, 4) is 0 Å². The van der Waals surface area contributed by atoms with Crippen LogP contribution < -0.4 is 0 Å². The molecule has 1 atom stereocenters. The van der Waals surface area contributed by atoms with Crippen LogP contribution in [0.3, 0.4) is 0 Å². The van der Waals surface area contributed by atoms with Gasteiger partial charge in [0.25, 0.3) is 0 Å². The highest BCUT2D eigenvalue weighted by Gasteiger charge is 2.41. The van der Waals surface area contributed by atoms with Gasteiger partial charge < -0.3 is 9.64 Å². The average Bonchev–Trinajstić information content (AvgIpc) is 3.24. The summed E-state index contributed by atoms with van der Waals surface area (Å²) >= 11 is 0. The molecule has 2 heterocycles. The number of nitrogens with one attached hydrogen (secondary N) is 1. The van der Waals surface area contributed by atoms with Gasteiger partial charge >= 0.3 is 0 Å². The monoisotopic (exact) mass is 439 g/mol. The first-order valence-electron chi connectivity index (χ1n) is 11.6. The molecule has 1 aliphatic rings. The SMILES string of the molecule is CC(C(=O)N1CCOC[C@@H](Cc2cccc3[nH]ncc23)C1)(c1ccccc1)c1ccccc1. The number of aromatic nitrogens is 2. The number of hydrogen-bond acceptors (Lipinski definition) is 3. The van der Waals surface area contributed by atoms with Crippen LogP contribution in [0.5, 0.6) is 0 Å². The molecule has 1 amide bonds. The first-order chi connectivity index (χ1) is 16.2. The maximum Gasteiger partial charge on any atom is 0.237 e. The molecular formula is C28H29N3O2. The summed E-state index contributed by atoms with van der Waals surface area (Å²) in [5.41, 5.74) is 3.52. The highest BCUT2D eigenvalue weighted by atomic mass is 16.5. The quantitative estimate of drug-likeness (QED) is 0.495. The van der Waals surface area contributed by atoms with Crippen LogP contribution in [0.25, 0.3) is 10.9 Å². The topological polar surface area (TPSA) is 58.2 Å². The van der Waals surface area contributed by atoms with Gasteiger partial charge in [0.05, 0.1) is 30.3 Å². The predicted octanol–water partition coefficient (Wildman–Crippen LogP) is 4.59. The average molecular weight is 440 g/mol. The minimum Gasteiger partial charge on any atom is -0.379 e. The number of benzene rings is 3. The summed E-state index contributed by atoms with van der Waals surface area (Å²) in [7, 11) is 0. The third-order valence-electron chi connectivity index (χ3n) is 6.84. The largest absolute Gasteiger partial charge is 0.379 e. The Kier molecular flexibility index (Phi) is 5.97. The molecule has 1 fully saturated rings. The summed E-state index contributed by atoms with van der Waals surface area (Å²) in [6.45, 7) is 4.51. The van der Waals surface area contributed by atoms with Crippen molar-refractivity contribution < 1.29 is 9.53 Å². The molecule has 0 spiro atoms. The Morgan fingerprint density at radius 1 is 1.03 bits per heavy atom. The molecule has 5 nitrogen and oxygen atoms in total. The second-order valence-electron chi connectivity index (χ2n) is 9.00. The molecule has 1 aromatic heterocycles. The normalized spacial score (nSPS) is 17.1. The van der Waals surface area contributed by atoms with E-state index < -0.39 is 5.41 Å². The van der Waals surface area contributed by atoms with Gasteiger partial charge in [0.2, 0.25) is 5.91 Å². The predicted molar refractivity (Wildman–Crippen MR) is 130 cm³/mol. The molecule has 1 saturated heterocycles. The maximum absolute atomic E-state index is 14.2. The van der Waals surface area contributed by atoms with E-state index in [1.165, 1.54) is 5.56 Å². The lowest BCUT2D eigenvalue weighted by atomic mass is 9.75. The molecule has 5 rings (SSSR count). The van der Waals surface area contributed by atoms with Crippen molar-refractivity contribution in [2.75, 3.05) is 26.3 Å². The Morgan fingerprint density at radius 3 is 2.42 bits per heavy atom. The Balaban J connectivity index is 1.45. The number of aromatic amines is 1. The van der Waals surface area contributed by atoms with Gasteiger partial charge in [-0.2, -0.15) is 5.10 Å². The van der Waals surface area contributed by atoms with Crippen molar-refractivity contribution in [1.29, 1.82) is 0 Å². The number of H-pyrrole nitrogens is 1. The van der Waals surface area contributed by atoms with Crippen LogP contribution in [0.2, 0.25) is 0 Å². The molecule has 0 bridgehead atoms. The van der Waals surface area contributed by atoms with E-state index in [1.54, 1.807) is 0 Å². The van der Waals surface area contributed by atoms with Gasteiger partial charge in [-0.15, -0.1) is 0 Å². The minimum atomic E-state index is -0.762. The number of rotatable bonds is 5. The van der Waals surface area contributed by atoms with Gasteiger partial charge in [-0.05, 0) is 36.1 Å². The van der Waals surface area contributed by atoms with Gasteiger partial charge in [-0.3, -0.25) is 9.89 Å². The Bertz CT molecular complexity index is 1180. The lowest BCUT2D eigenvalue weighted by molar-refractivity contribution is -0.135. The molecule has 3 aromatic carbocycles. The van der Waals surface area contributed by atoms with E-state index >= 15 is 0 Å². The molecule has 0 unspecified atom stereocenters. The summed E-state index contributed by atoms with van der Waals surface area (Å²) in [5, 5.41) is 8.38. The molecule has 33 heavy (non-hydrogen) atoms. The smallest absolute Gasteiger partial charge is 0.237 e. The molecule has 0 saturated carbocycles. The summed E-state index contributed by atoms with van der Waals surface area (Å²) in [5.74, 6) is 0.338. The van der Waals surface area contributed by atoms with Crippen LogP contribution in [0.15, 0.2) is 85.1 Å². The zero-order chi connectivity index (χ0) is 22.7. The van der Waals surface area contributed by atoms with E-state index in [-0.39, 0.29) is 11.8 Å². The van der Waals surface area contributed by atoms with Gasteiger partial charge in [-0.1, -0.05) is 72.8 Å². The van der Waals surface area contributed by atoms with Crippen molar-refractivity contribution in [1.82, 2.24) is 15.1 Å². The lowest BCUT2D eigenvalue weighted by Gasteiger charge is -2.36. The minimum absolute atomic E-state index is 0.122. The van der Waals surface area contributed by atoms with Crippen LogP contribution in [0.1, 0.15) is 23.6 Å². The van der Waals surface area contributed by atoms with Crippen molar-refractivity contribution >= 4 is 16.8 Å². The van der Waals surface area contributed by atoms with E-state index in [0.717, 1.165) is 28.5 Å². The number of nitrogens with zero attached hydrogens (tertiary/aromatic N) is 2. The summed E-state index contributed by atoms with van der Waals surface area (Å²) in [4.78, 5) is 16.2. The van der Waals surface area contributed by atoms with E-state index in [2.05, 4.69) is 46.6 Å². The fourth-order valence-corrected chi connectivity index (χ4v) is 4.98. The summed E-state index contributed by atoms with van der Waals surface area (Å²) < 4.78 is 5.96. The fourth-order valence-electron chi connectivity index (χ4n) is 4.98. The van der Waals surface area contributed by atoms with E-state index in [9.17, 15) is 4.79 Å². The molecule has 168 valence electrons. The molecule has 1 N–H and O–H groups in total. The zero-order valence-electron chi connectivity index (χ0n) is 18.9. The van der Waals surface area contributed by atoms with E-state index in [4.69, 9.17) is 4.74 Å². The molecular weight excluding hydrogens is 410 g/mol. The van der Waals surface area contributed by atoms with E-state index in [1.807, 2.05) is 60.5 Å². The van der Waals surface area contributed by atoms with Crippen molar-refractivity contribution in [3.63, 3.8) is 0 Å². The fraction of sp³-hybridized carbons (Fsp3) is 0.286. The molecule has 4 aromatic rings. The standard InChI is InChI=1S/C28H29N3O2/c1-28(23-10-4-2-5-11-23,24-12-6-3-7-13-24)27(32)31-15-16-33-20-21(19-31)17-22-9-8-14-26-25(22)18-29-30-26/h2-14,18,21H,15-17,19-20H2,1H3,(H,29,30)/t21-/m0/s1. The van der Waals surface area contributed by atoms with Crippen molar-refractivity contribution in [2.24, 2.45) is 5.92 Å². The maximum atomic E-state index is 14.2. The second kappa shape index (κ2) is 9.20. The van der Waals surface area contributed by atoms with Gasteiger partial charge in [0, 0.05) is 24.4 Å². The third kappa shape index (κ3) is 4.16. The Labute approximate surface area is 194 Å². The van der Waals surface area contributed by atoms with Crippen LogP contribution in [-0.4, -0.2) is 47.3 Å². The molecule has 0 radical (unpaired) electrons. The number of carbonyl (C=O) groups excluding carboxylic acids is 1. The number of ether oxygens (including phenoxy) is 1. The summed E-state index contributed by atoms with van der Waals surface area (Å²) in [6, 6.07) is 26.4.